The van der Waals surface area contributed by atoms with Gasteiger partial charge in [0.1, 0.15) is 6.04 Å². The van der Waals surface area contributed by atoms with Crippen molar-refractivity contribution >= 4 is 17.2 Å². The van der Waals surface area contributed by atoms with Crippen molar-refractivity contribution in [2.24, 2.45) is 11.7 Å². The highest BCUT2D eigenvalue weighted by molar-refractivity contribution is 7.80. The molecule has 0 spiro atoms. The van der Waals surface area contributed by atoms with Gasteiger partial charge in [-0.15, -0.1) is 0 Å². The fourth-order valence-corrected chi connectivity index (χ4v) is 2.61. The number of H-pyrrole nitrogens is 1. The van der Waals surface area contributed by atoms with Crippen molar-refractivity contribution < 1.29 is 0 Å². The predicted octanol–water partition coefficient (Wildman–Crippen LogP) is 2.07. The van der Waals surface area contributed by atoms with Crippen LogP contribution in [0.4, 0.5) is 0 Å². The molecule has 16 heavy (non-hydrogen) atoms. The third-order valence-electron chi connectivity index (χ3n) is 3.37. The van der Waals surface area contributed by atoms with Crippen molar-refractivity contribution in [3.63, 3.8) is 0 Å². The van der Waals surface area contributed by atoms with E-state index in [-0.39, 0.29) is 6.04 Å². The summed E-state index contributed by atoms with van der Waals surface area (Å²) in [5, 5.41) is 0. The molecular weight excluding hydrogens is 218 g/mol. The Morgan fingerprint density at radius 3 is 2.75 bits per heavy atom. The summed E-state index contributed by atoms with van der Waals surface area (Å²) in [6.45, 7) is 4.48. The zero-order valence-corrected chi connectivity index (χ0v) is 10.5. The van der Waals surface area contributed by atoms with Crippen LogP contribution in [0.3, 0.4) is 0 Å². The molecule has 88 valence electrons. The second kappa shape index (κ2) is 4.97. The lowest BCUT2D eigenvalue weighted by atomic mass is 9.97. The van der Waals surface area contributed by atoms with Gasteiger partial charge in [-0.2, -0.15) is 0 Å². The maximum absolute atomic E-state index is 5.86. The van der Waals surface area contributed by atoms with Crippen LogP contribution in [0, 0.1) is 5.92 Å². The molecular formula is C12H19N3S. The van der Waals surface area contributed by atoms with E-state index in [0.717, 1.165) is 24.7 Å². The monoisotopic (exact) mass is 237 g/mol. The molecule has 0 amide bonds. The Kier molecular flexibility index (Phi) is 3.61. The van der Waals surface area contributed by atoms with Crippen LogP contribution in [0.25, 0.3) is 0 Å². The summed E-state index contributed by atoms with van der Waals surface area (Å²) in [7, 11) is 0. The van der Waals surface area contributed by atoms with Crippen molar-refractivity contribution in [2.75, 3.05) is 13.1 Å². The Bertz CT molecular complexity index is 339. The number of hydrogen-bond donors (Lipinski definition) is 2. The average molecular weight is 237 g/mol. The summed E-state index contributed by atoms with van der Waals surface area (Å²) < 4.78 is 0. The SMILES string of the molecule is CC1CCN(C(C(N)=S)c2ccc[nH]2)CC1. The molecule has 0 radical (unpaired) electrons. The molecule has 1 atom stereocenters. The topological polar surface area (TPSA) is 45.0 Å². The van der Waals surface area contributed by atoms with E-state index in [9.17, 15) is 0 Å². The molecule has 1 unspecified atom stereocenters. The normalized spacial score (nSPS) is 20.8. The maximum atomic E-state index is 5.86. The summed E-state index contributed by atoms with van der Waals surface area (Å²) in [5.41, 5.74) is 6.98. The van der Waals surface area contributed by atoms with E-state index < -0.39 is 0 Å². The first-order chi connectivity index (χ1) is 7.68. The van der Waals surface area contributed by atoms with Gasteiger partial charge in [0.25, 0.3) is 0 Å². The number of nitrogens with zero attached hydrogens (tertiary/aromatic N) is 1. The lowest BCUT2D eigenvalue weighted by Gasteiger charge is -2.35. The number of hydrogen-bond acceptors (Lipinski definition) is 2. The third kappa shape index (κ3) is 2.44. The van der Waals surface area contributed by atoms with Crippen molar-refractivity contribution in [3.8, 4) is 0 Å². The lowest BCUT2D eigenvalue weighted by Crippen LogP contribution is -2.41. The number of likely N-dealkylation sites (tertiary alicyclic amines) is 1. The Balaban J connectivity index is 2.11. The van der Waals surface area contributed by atoms with E-state index in [1.165, 1.54) is 12.8 Å². The van der Waals surface area contributed by atoms with Crippen LogP contribution in [-0.4, -0.2) is 28.0 Å². The van der Waals surface area contributed by atoms with Gasteiger partial charge >= 0.3 is 0 Å². The molecule has 1 aliphatic heterocycles. The van der Waals surface area contributed by atoms with Crippen LogP contribution < -0.4 is 5.73 Å². The van der Waals surface area contributed by atoms with Gasteiger partial charge in [0.2, 0.25) is 0 Å². The predicted molar refractivity (Wildman–Crippen MR) is 70.3 cm³/mol. The van der Waals surface area contributed by atoms with Gasteiger partial charge in [0.15, 0.2) is 0 Å². The Morgan fingerprint density at radius 2 is 2.25 bits per heavy atom. The van der Waals surface area contributed by atoms with E-state index in [2.05, 4.69) is 22.9 Å². The molecule has 4 heteroatoms. The molecule has 0 saturated carbocycles. The molecule has 0 aromatic carbocycles. The largest absolute Gasteiger partial charge is 0.392 e. The van der Waals surface area contributed by atoms with Crippen molar-refractivity contribution in [3.05, 3.63) is 24.0 Å². The highest BCUT2D eigenvalue weighted by Gasteiger charge is 2.26. The minimum Gasteiger partial charge on any atom is -0.392 e. The zero-order chi connectivity index (χ0) is 11.5. The second-order valence-corrected chi connectivity index (χ2v) is 5.12. The van der Waals surface area contributed by atoms with E-state index in [1.54, 1.807) is 0 Å². The van der Waals surface area contributed by atoms with Crippen LogP contribution in [0.15, 0.2) is 18.3 Å². The first kappa shape index (κ1) is 11.6. The van der Waals surface area contributed by atoms with Crippen molar-refractivity contribution in [1.29, 1.82) is 0 Å². The highest BCUT2D eigenvalue weighted by atomic mass is 32.1. The van der Waals surface area contributed by atoms with E-state index >= 15 is 0 Å². The number of nitrogens with two attached hydrogens (primary N) is 1. The second-order valence-electron chi connectivity index (χ2n) is 4.65. The van der Waals surface area contributed by atoms with Gasteiger partial charge in [0.05, 0.1) is 4.99 Å². The van der Waals surface area contributed by atoms with Crippen LogP contribution >= 0.6 is 12.2 Å². The fourth-order valence-electron chi connectivity index (χ4n) is 2.33. The lowest BCUT2D eigenvalue weighted by molar-refractivity contribution is 0.169. The minimum absolute atomic E-state index is 0.0810. The number of nitrogens with one attached hydrogen (secondary N) is 1. The Hall–Kier alpha value is -0.870. The summed E-state index contributed by atoms with van der Waals surface area (Å²) >= 11 is 5.19. The summed E-state index contributed by atoms with van der Waals surface area (Å²) in [6.07, 6.45) is 4.40. The molecule has 2 heterocycles. The third-order valence-corrected chi connectivity index (χ3v) is 3.59. The number of aromatic amines is 1. The van der Waals surface area contributed by atoms with Gasteiger partial charge in [0, 0.05) is 11.9 Å². The van der Waals surface area contributed by atoms with Crippen molar-refractivity contribution in [1.82, 2.24) is 9.88 Å². The van der Waals surface area contributed by atoms with Crippen molar-refractivity contribution in [2.45, 2.75) is 25.8 Å². The molecule has 1 aromatic heterocycles. The number of rotatable bonds is 3. The minimum atomic E-state index is 0.0810. The Morgan fingerprint density at radius 1 is 1.56 bits per heavy atom. The molecule has 1 aliphatic rings. The quantitative estimate of drug-likeness (QED) is 0.791. The zero-order valence-electron chi connectivity index (χ0n) is 9.65. The van der Waals surface area contributed by atoms with E-state index in [1.807, 2.05) is 12.3 Å². The van der Waals surface area contributed by atoms with Gasteiger partial charge in [-0.3, -0.25) is 4.90 Å². The number of thiocarbonyl (C=S) groups is 1. The average Bonchev–Trinajstić information content (AvgIpc) is 2.74. The van der Waals surface area contributed by atoms with Crippen LogP contribution in [-0.2, 0) is 0 Å². The van der Waals surface area contributed by atoms with Gasteiger partial charge < -0.3 is 10.7 Å². The molecule has 1 aromatic rings. The number of piperidine rings is 1. The van der Waals surface area contributed by atoms with Crippen LogP contribution in [0.1, 0.15) is 31.5 Å². The molecule has 0 aliphatic carbocycles. The Labute approximate surface area is 102 Å². The molecule has 1 saturated heterocycles. The summed E-state index contributed by atoms with van der Waals surface area (Å²) in [5.74, 6) is 0.826. The van der Waals surface area contributed by atoms with E-state index in [0.29, 0.717) is 4.99 Å². The molecule has 3 nitrogen and oxygen atoms in total. The smallest absolute Gasteiger partial charge is 0.101 e. The fraction of sp³-hybridized carbons (Fsp3) is 0.583. The summed E-state index contributed by atoms with van der Waals surface area (Å²) in [4.78, 5) is 6.17. The van der Waals surface area contributed by atoms with E-state index in [4.69, 9.17) is 18.0 Å². The highest BCUT2D eigenvalue weighted by Crippen LogP contribution is 2.26. The standard InChI is InChI=1S/C12H19N3S/c1-9-4-7-15(8-5-9)11(12(13)16)10-3-2-6-14-10/h2-3,6,9,11,14H,4-5,7-8H2,1H3,(H2,13,16). The van der Waals surface area contributed by atoms with Crippen LogP contribution in [0.5, 0.6) is 0 Å². The molecule has 2 rings (SSSR count). The van der Waals surface area contributed by atoms with Crippen LogP contribution in [0.2, 0.25) is 0 Å². The van der Waals surface area contributed by atoms with Gasteiger partial charge in [-0.1, -0.05) is 19.1 Å². The molecule has 0 bridgehead atoms. The number of aromatic nitrogens is 1. The van der Waals surface area contributed by atoms with Gasteiger partial charge in [-0.05, 0) is 44.0 Å². The maximum Gasteiger partial charge on any atom is 0.101 e. The molecule has 3 N–H and O–H groups in total. The first-order valence-corrected chi connectivity index (χ1v) is 6.26. The molecule has 1 fully saturated rings. The van der Waals surface area contributed by atoms with Gasteiger partial charge in [-0.25, -0.2) is 0 Å². The summed E-state index contributed by atoms with van der Waals surface area (Å²) in [6, 6.07) is 4.13. The first-order valence-electron chi connectivity index (χ1n) is 5.85.